The highest BCUT2D eigenvalue weighted by Crippen LogP contribution is 2.43. The van der Waals surface area contributed by atoms with Gasteiger partial charge in [-0.2, -0.15) is 0 Å². The number of rotatable bonds is 24. The minimum atomic E-state index is -1.29. The molecule has 8 rings (SSSR count). The minimum absolute atomic E-state index is 0.282. The molecule has 0 saturated carbocycles. The average molecular weight is 1430 g/mol. The summed E-state index contributed by atoms with van der Waals surface area (Å²) in [6, 6.07) is 0. The summed E-state index contributed by atoms with van der Waals surface area (Å²) < 4.78 is 27.6. The molecule has 4 aromatic rings. The van der Waals surface area contributed by atoms with Crippen LogP contribution in [0.3, 0.4) is 0 Å². The number of nitrogens with zero attached hydrogens (tertiary/aromatic N) is 4. The molecule has 0 radical (unpaired) electrons. The molecule has 4 saturated heterocycles. The first-order valence-electron chi connectivity index (χ1n) is 32.3. The van der Waals surface area contributed by atoms with Crippen molar-refractivity contribution in [3.63, 3.8) is 0 Å². The highest BCUT2D eigenvalue weighted by molar-refractivity contribution is 7.73. The van der Waals surface area contributed by atoms with Gasteiger partial charge in [-0.15, -0.1) is 59.3 Å². The molecule has 8 heterocycles. The van der Waals surface area contributed by atoms with Crippen LogP contribution in [0.1, 0.15) is 113 Å². The van der Waals surface area contributed by atoms with Crippen molar-refractivity contribution >= 4 is 52.7 Å². The summed E-state index contributed by atoms with van der Waals surface area (Å²) in [7, 11) is 0. The van der Waals surface area contributed by atoms with Crippen LogP contribution >= 0.6 is 27.5 Å². The van der Waals surface area contributed by atoms with Gasteiger partial charge in [0, 0.05) is 47.0 Å². The number of allylic oxidation sites excluding steroid dienone is 1. The fourth-order valence-electron chi connectivity index (χ4n) is 11.1. The molecule has 0 amide bonds. The summed E-state index contributed by atoms with van der Waals surface area (Å²) in [5.41, 5.74) is -2.74. The molecule has 4 aliphatic rings. The first-order valence-corrected chi connectivity index (χ1v) is 44.5. The van der Waals surface area contributed by atoms with E-state index in [2.05, 4.69) is 105 Å². The Labute approximate surface area is 558 Å². The second-order valence-electron chi connectivity index (χ2n) is 28.0. The van der Waals surface area contributed by atoms with Gasteiger partial charge in [0.15, 0.2) is 24.9 Å². The highest BCUT2D eigenvalue weighted by Gasteiger charge is 2.47. The quantitative estimate of drug-likeness (QED) is 0.0338. The molecular formula is C64H106N8O20P4. The lowest BCUT2D eigenvalue weighted by molar-refractivity contribution is -0.0404. The molecule has 0 bridgehead atoms. The monoisotopic (exact) mass is 1430 g/mol. The highest BCUT2D eigenvalue weighted by atomic mass is 31.2. The second kappa shape index (κ2) is 35.0. The van der Waals surface area contributed by atoms with E-state index in [1.54, 1.807) is 13.0 Å². The van der Waals surface area contributed by atoms with E-state index in [0.717, 1.165) is 53.0 Å². The predicted molar refractivity (Wildman–Crippen MR) is 386 cm³/mol. The molecule has 4 fully saturated rings. The fourth-order valence-corrected chi connectivity index (χ4v) is 14.9. The second-order valence-corrected chi connectivity index (χ2v) is 45.2. The van der Waals surface area contributed by atoms with E-state index in [1.165, 1.54) is 33.9 Å². The van der Waals surface area contributed by atoms with E-state index in [-0.39, 0.29) is 6.42 Å². The Morgan fingerprint density at radius 2 is 0.646 bits per heavy atom. The Kier molecular flexibility index (Phi) is 29.8. The largest absolute Gasteiger partial charge is 0.388 e. The van der Waals surface area contributed by atoms with Crippen LogP contribution in [0.2, 0.25) is 0 Å². The summed E-state index contributed by atoms with van der Waals surface area (Å²) in [6.45, 7) is 20.9. The van der Waals surface area contributed by atoms with E-state index in [4.69, 9.17) is 18.9 Å². The molecule has 0 aliphatic carbocycles. The Morgan fingerprint density at radius 3 is 0.896 bits per heavy atom. The molecular weight excluding hydrogens is 1320 g/mol. The molecule has 4 aliphatic heterocycles. The van der Waals surface area contributed by atoms with E-state index in [1.807, 2.05) is 13.8 Å². The topological polar surface area (TPSA) is 418 Å². The predicted octanol–water partition coefficient (Wildman–Crippen LogP) is 0.606. The van der Waals surface area contributed by atoms with Crippen LogP contribution in [0.5, 0.6) is 0 Å². The van der Waals surface area contributed by atoms with E-state index in [9.17, 15) is 79.2 Å². The van der Waals surface area contributed by atoms with Gasteiger partial charge in [-0.1, -0.05) is 39.7 Å². The Balaban J connectivity index is 0.000000232. The smallest absolute Gasteiger partial charge is 0.330 e. The average Bonchev–Trinajstić information content (AvgIpc) is 1.62. The molecule has 0 unspecified atom stereocenters. The van der Waals surface area contributed by atoms with Gasteiger partial charge in [-0.3, -0.25) is 57.4 Å². The zero-order chi connectivity index (χ0) is 72.3. The first kappa shape index (κ1) is 81.9. The van der Waals surface area contributed by atoms with Gasteiger partial charge in [0.1, 0.15) is 48.8 Å². The number of nitrogens with one attached hydrogen (secondary N) is 4. The molecule has 12 N–H and O–H groups in total. The van der Waals surface area contributed by atoms with Crippen molar-refractivity contribution in [2.45, 2.75) is 190 Å². The standard InChI is InChI=1S/C17H29N2O5P.C16H27N2O5P.C16H25N2O5P.C15H25N2O5P/c1-5-6-7-11-10-19(17(23)18-15(11)22)16-14(21)13(20)12(24-16)8-9-25(2,3)4;2*1-5-6-10-9-18(16(22)17-14(10)21)15-13(20)12(19)11(23-15)7-8-24(2,3)4;1-5-9-8-17(15(21)16-13(9)20)14-12(19)11(18)10(22-14)6-7-23(2,3)4/h10,12-14,16,20-21H,2,5-9H2,1,3-4H3,(H,18,22,23);9,11-13,15,19-20H,2,5-8H2,1,3-4H3,(H,17,21,22);5,9,11-13,15,19-20H,1-2,6-8H2,3-4H3,(H,17,21,22);8,10-12,14,18-19H,2,5-7H2,1,3-4H3,(H,16,20,21)/t12-,13-,14-,16-;2*11-,12-,13-,15-;10-,11-,12-,14-/m1111/s1. The summed E-state index contributed by atoms with van der Waals surface area (Å²) in [6.07, 6.45) is 17.9. The zero-order valence-corrected chi connectivity index (χ0v) is 60.9. The molecule has 0 spiro atoms. The minimum Gasteiger partial charge on any atom is -0.388 e. The van der Waals surface area contributed by atoms with Crippen molar-refractivity contribution in [2.24, 2.45) is 0 Å². The van der Waals surface area contributed by atoms with Crippen LogP contribution in [0.25, 0.3) is 0 Å². The van der Waals surface area contributed by atoms with Crippen LogP contribution in [0.15, 0.2) is 75.8 Å². The Morgan fingerprint density at radius 1 is 0.396 bits per heavy atom. The Bertz CT molecular complexity index is 3980. The van der Waals surface area contributed by atoms with Crippen LogP contribution in [0, 0.1) is 0 Å². The van der Waals surface area contributed by atoms with E-state index < -0.39 is 171 Å². The van der Waals surface area contributed by atoms with Gasteiger partial charge in [0.2, 0.25) is 0 Å². The van der Waals surface area contributed by atoms with Crippen LogP contribution in [-0.4, -0.2) is 255 Å². The van der Waals surface area contributed by atoms with Crippen LogP contribution in [0.4, 0.5) is 0 Å². The maximum atomic E-state index is 12.2. The third-order valence-electron chi connectivity index (χ3n) is 16.8. The van der Waals surface area contributed by atoms with Gasteiger partial charge < -0.3 is 59.8 Å². The molecule has 0 aromatic carbocycles. The van der Waals surface area contributed by atoms with Gasteiger partial charge in [0.25, 0.3) is 22.2 Å². The maximum Gasteiger partial charge on any atom is 0.330 e. The number of aromatic nitrogens is 8. The van der Waals surface area contributed by atoms with Gasteiger partial charge in [-0.25, -0.2) is 19.2 Å². The van der Waals surface area contributed by atoms with Crippen molar-refractivity contribution < 1.29 is 59.8 Å². The lowest BCUT2D eigenvalue weighted by Gasteiger charge is -2.19. The summed E-state index contributed by atoms with van der Waals surface area (Å²) in [4.78, 5) is 104. The van der Waals surface area contributed by atoms with E-state index >= 15 is 0 Å². The number of ether oxygens (including phenoxy) is 4. The normalized spacial score (nSPS) is 27.5. The number of aryl methyl sites for hydroxylation is 3. The zero-order valence-electron chi connectivity index (χ0n) is 57.3. The number of aliphatic hydroxyl groups is 8. The van der Waals surface area contributed by atoms with Crippen molar-refractivity contribution in [3.8, 4) is 0 Å². The molecule has 96 heavy (non-hydrogen) atoms. The third-order valence-corrected chi connectivity index (χ3v) is 22.6. The van der Waals surface area contributed by atoms with Crippen molar-refractivity contribution in [2.75, 3.05) is 78.0 Å². The number of hydrogen-bond acceptors (Lipinski definition) is 20. The summed E-state index contributed by atoms with van der Waals surface area (Å²) in [5.74, 6) is 0. The number of aliphatic hydroxyl groups excluding tert-OH is 8. The summed E-state index contributed by atoms with van der Waals surface area (Å²) in [5, 5.41) is 82.0. The number of unbranched alkanes of at least 4 members (excludes halogenated alkanes) is 1. The first-order chi connectivity index (χ1) is 44.5. The SMILES string of the molecule is C=CCc1cn([C@@H]2O[C@H](CCP(=C)(C)C)[C@@H](O)[C@H]2O)c(=O)[nH]c1=O.C=P(C)(C)CC[C@H]1O[C@@H](n2cc(CC)c(=O)[nH]c2=O)[C@H](O)[C@@H]1O.C=P(C)(C)CC[C@H]1O[C@@H](n2cc(CCC)c(=O)[nH]c2=O)[C@H](O)[C@@H]1O.C=P(C)(C)CC[C@H]1O[C@@H](n2cc(CCCC)c(=O)[nH]c2=O)[C@H](O)[C@@H]1O. The molecule has 4 aromatic heterocycles. The Hall–Kier alpha value is -4.82. The fraction of sp³-hybridized carbons (Fsp3) is 0.656. The van der Waals surface area contributed by atoms with Crippen molar-refractivity contribution in [1.82, 2.24) is 38.2 Å². The number of H-pyrrole nitrogens is 4. The van der Waals surface area contributed by atoms with Crippen LogP contribution < -0.4 is 45.0 Å². The van der Waals surface area contributed by atoms with Crippen molar-refractivity contribution in [3.05, 3.63) is 143 Å². The van der Waals surface area contributed by atoms with Gasteiger partial charge in [-0.05, 0) is 136 Å². The lowest BCUT2D eigenvalue weighted by atomic mass is 10.1. The maximum absolute atomic E-state index is 12.2. The lowest BCUT2D eigenvalue weighted by Crippen LogP contribution is -2.38. The number of aromatic amines is 4. The summed E-state index contributed by atoms with van der Waals surface area (Å²) >= 11 is 0. The molecule has 28 nitrogen and oxygen atoms in total. The molecule has 542 valence electrons. The molecule has 32 heteroatoms. The van der Waals surface area contributed by atoms with E-state index in [0.29, 0.717) is 67.2 Å². The van der Waals surface area contributed by atoms with Crippen LogP contribution in [-0.2, 0) is 44.6 Å². The van der Waals surface area contributed by atoms with Gasteiger partial charge in [0.05, 0.1) is 24.4 Å². The van der Waals surface area contributed by atoms with Crippen molar-refractivity contribution in [1.29, 1.82) is 0 Å². The third kappa shape index (κ3) is 22.6. The molecule has 16 atom stereocenters. The van der Waals surface area contributed by atoms with Gasteiger partial charge >= 0.3 is 22.8 Å². The number of hydrogen-bond donors (Lipinski definition) is 12.